The molecular weight excluding hydrogens is 538 g/mol. The summed E-state index contributed by atoms with van der Waals surface area (Å²) >= 11 is 6.38. The van der Waals surface area contributed by atoms with Gasteiger partial charge < -0.3 is 15.0 Å². The summed E-state index contributed by atoms with van der Waals surface area (Å²) in [6.45, 7) is 5.51. The molecule has 0 bridgehead atoms. The van der Waals surface area contributed by atoms with Crippen molar-refractivity contribution in [1.82, 2.24) is 10.2 Å². The van der Waals surface area contributed by atoms with Gasteiger partial charge >= 0.3 is 0 Å². The highest BCUT2D eigenvalue weighted by Crippen LogP contribution is 2.26. The van der Waals surface area contributed by atoms with E-state index in [0.717, 1.165) is 4.31 Å². The van der Waals surface area contributed by atoms with Gasteiger partial charge in [-0.3, -0.25) is 13.9 Å². The number of para-hydroxylation sites is 1. The predicted molar refractivity (Wildman–Crippen MR) is 153 cm³/mol. The van der Waals surface area contributed by atoms with Gasteiger partial charge in [-0.05, 0) is 60.9 Å². The summed E-state index contributed by atoms with van der Waals surface area (Å²) in [5.74, 6) is -0.169. The average Bonchev–Trinajstić information content (AvgIpc) is 2.94. The molecule has 0 fully saturated rings. The lowest BCUT2D eigenvalue weighted by molar-refractivity contribution is -0.139. The van der Waals surface area contributed by atoms with Crippen molar-refractivity contribution in [3.05, 3.63) is 89.4 Å². The van der Waals surface area contributed by atoms with Crippen LogP contribution in [0.5, 0.6) is 5.75 Å². The minimum absolute atomic E-state index is 0.000307. The van der Waals surface area contributed by atoms with Crippen molar-refractivity contribution in [1.29, 1.82) is 0 Å². The van der Waals surface area contributed by atoms with Crippen molar-refractivity contribution in [3.8, 4) is 5.75 Å². The lowest BCUT2D eigenvalue weighted by atomic mass is 10.1. The standard InChI is InChI=1S/C29H34ClN3O5S/c1-21(2)18-31-29(35)22(3)32(19-23-10-8-9-13-27(23)30)28(34)20-33(24-11-6-5-7-12-24)39(36,37)26-16-14-25(38-4)15-17-26/h5-17,21-22H,18-20H2,1-4H3,(H,31,35)/t22-/m1/s1. The second kappa shape index (κ2) is 13.5. The van der Waals surface area contributed by atoms with Gasteiger partial charge in [-0.1, -0.05) is 61.8 Å². The maximum Gasteiger partial charge on any atom is 0.264 e. The fourth-order valence-electron chi connectivity index (χ4n) is 3.84. The number of carbonyl (C=O) groups is 2. The molecule has 3 rings (SSSR count). The van der Waals surface area contributed by atoms with Crippen LogP contribution < -0.4 is 14.4 Å². The first-order chi connectivity index (χ1) is 18.5. The van der Waals surface area contributed by atoms with E-state index in [0.29, 0.717) is 28.6 Å². The minimum atomic E-state index is -4.15. The minimum Gasteiger partial charge on any atom is -0.497 e. The number of amides is 2. The van der Waals surface area contributed by atoms with Crippen molar-refractivity contribution in [2.24, 2.45) is 5.92 Å². The summed E-state index contributed by atoms with van der Waals surface area (Å²) in [5.41, 5.74) is 0.955. The van der Waals surface area contributed by atoms with E-state index in [4.69, 9.17) is 16.3 Å². The largest absolute Gasteiger partial charge is 0.497 e. The molecule has 8 nitrogen and oxygen atoms in total. The molecule has 0 saturated carbocycles. The van der Waals surface area contributed by atoms with E-state index >= 15 is 0 Å². The Balaban J connectivity index is 1.99. The molecule has 10 heteroatoms. The smallest absolute Gasteiger partial charge is 0.264 e. The summed E-state index contributed by atoms with van der Waals surface area (Å²) in [6.07, 6.45) is 0. The second-order valence-corrected chi connectivity index (χ2v) is 11.7. The molecule has 0 aliphatic heterocycles. The zero-order valence-electron chi connectivity index (χ0n) is 22.5. The number of nitrogens with zero attached hydrogens (tertiary/aromatic N) is 2. The number of hydrogen-bond donors (Lipinski definition) is 1. The van der Waals surface area contributed by atoms with Crippen LogP contribution in [0.4, 0.5) is 5.69 Å². The van der Waals surface area contributed by atoms with Gasteiger partial charge in [-0.15, -0.1) is 0 Å². The molecule has 0 radical (unpaired) electrons. The van der Waals surface area contributed by atoms with E-state index < -0.39 is 28.5 Å². The van der Waals surface area contributed by atoms with Crippen molar-refractivity contribution in [2.75, 3.05) is 24.5 Å². The Morgan fingerprint density at radius 1 is 0.923 bits per heavy atom. The number of hydrogen-bond acceptors (Lipinski definition) is 5. The number of rotatable bonds is 12. The lowest BCUT2D eigenvalue weighted by Crippen LogP contribution is -2.51. The van der Waals surface area contributed by atoms with Gasteiger partial charge in [0.25, 0.3) is 10.0 Å². The SMILES string of the molecule is COc1ccc(S(=O)(=O)N(CC(=O)N(Cc2ccccc2Cl)[C@H](C)C(=O)NCC(C)C)c2ccccc2)cc1. The first kappa shape index (κ1) is 30.0. The molecule has 0 unspecified atom stereocenters. The van der Waals surface area contributed by atoms with Crippen molar-refractivity contribution in [2.45, 2.75) is 38.3 Å². The monoisotopic (exact) mass is 571 g/mol. The topological polar surface area (TPSA) is 96.0 Å². The third kappa shape index (κ3) is 7.74. The lowest BCUT2D eigenvalue weighted by Gasteiger charge is -2.32. The Labute approximate surface area is 235 Å². The van der Waals surface area contributed by atoms with Crippen LogP contribution >= 0.6 is 11.6 Å². The molecule has 0 aromatic heterocycles. The van der Waals surface area contributed by atoms with Crippen LogP contribution in [0.25, 0.3) is 0 Å². The highest BCUT2D eigenvalue weighted by molar-refractivity contribution is 7.92. The Morgan fingerprint density at radius 2 is 1.54 bits per heavy atom. The number of carbonyl (C=O) groups excluding carboxylic acids is 2. The number of sulfonamides is 1. The zero-order valence-corrected chi connectivity index (χ0v) is 24.1. The maximum atomic E-state index is 13.9. The molecule has 0 aliphatic carbocycles. The Kier molecular flexibility index (Phi) is 10.4. The van der Waals surface area contributed by atoms with Crippen LogP contribution in [-0.2, 0) is 26.2 Å². The number of methoxy groups -OCH3 is 1. The quantitative estimate of drug-likeness (QED) is 0.339. The molecule has 3 aromatic carbocycles. The number of benzene rings is 3. The molecule has 1 atom stereocenters. The highest BCUT2D eigenvalue weighted by Gasteiger charge is 2.32. The van der Waals surface area contributed by atoms with Crippen LogP contribution in [0.2, 0.25) is 5.02 Å². The molecule has 3 aromatic rings. The first-order valence-electron chi connectivity index (χ1n) is 12.6. The molecule has 2 amide bonds. The fraction of sp³-hybridized carbons (Fsp3) is 0.310. The normalized spacial score (nSPS) is 12.1. The summed E-state index contributed by atoms with van der Waals surface area (Å²) in [5, 5.41) is 3.30. The van der Waals surface area contributed by atoms with E-state index in [1.165, 1.54) is 24.1 Å². The molecular formula is C29H34ClN3O5S. The Hall–Kier alpha value is -3.56. The summed E-state index contributed by atoms with van der Waals surface area (Å²) < 4.78 is 33.8. The molecule has 208 valence electrons. The number of nitrogens with one attached hydrogen (secondary N) is 1. The second-order valence-electron chi connectivity index (χ2n) is 9.45. The van der Waals surface area contributed by atoms with Crippen LogP contribution in [0.3, 0.4) is 0 Å². The molecule has 0 heterocycles. The van der Waals surface area contributed by atoms with Gasteiger partial charge in [-0.25, -0.2) is 8.42 Å². The van der Waals surface area contributed by atoms with Gasteiger partial charge in [0.15, 0.2) is 0 Å². The third-order valence-electron chi connectivity index (χ3n) is 6.12. The summed E-state index contributed by atoms with van der Waals surface area (Å²) in [7, 11) is -2.66. The summed E-state index contributed by atoms with van der Waals surface area (Å²) in [6, 6.07) is 20.5. The van der Waals surface area contributed by atoms with Crippen LogP contribution in [-0.4, -0.2) is 51.4 Å². The highest BCUT2D eigenvalue weighted by atomic mass is 35.5. The number of ether oxygens (including phenoxy) is 1. The van der Waals surface area contributed by atoms with Gasteiger partial charge in [0.1, 0.15) is 18.3 Å². The first-order valence-corrected chi connectivity index (χ1v) is 14.4. The van der Waals surface area contributed by atoms with Crippen LogP contribution in [0.1, 0.15) is 26.3 Å². The number of halogens is 1. The average molecular weight is 572 g/mol. The number of anilines is 1. The molecule has 0 spiro atoms. The summed E-state index contributed by atoms with van der Waals surface area (Å²) in [4.78, 5) is 28.3. The van der Waals surface area contributed by atoms with Gasteiger partial charge in [-0.2, -0.15) is 0 Å². The predicted octanol–water partition coefficient (Wildman–Crippen LogP) is 4.73. The Morgan fingerprint density at radius 3 is 2.13 bits per heavy atom. The van der Waals surface area contributed by atoms with Crippen molar-refractivity contribution in [3.63, 3.8) is 0 Å². The van der Waals surface area contributed by atoms with Gasteiger partial charge in [0.2, 0.25) is 11.8 Å². The molecule has 39 heavy (non-hydrogen) atoms. The zero-order chi connectivity index (χ0) is 28.6. The molecule has 0 aliphatic rings. The third-order valence-corrected chi connectivity index (χ3v) is 8.28. The van der Waals surface area contributed by atoms with E-state index in [9.17, 15) is 18.0 Å². The molecule has 1 N–H and O–H groups in total. The van der Waals surface area contributed by atoms with E-state index in [1.807, 2.05) is 13.8 Å². The van der Waals surface area contributed by atoms with E-state index in [1.54, 1.807) is 73.7 Å². The van der Waals surface area contributed by atoms with Gasteiger partial charge in [0, 0.05) is 18.1 Å². The van der Waals surface area contributed by atoms with Crippen LogP contribution in [0, 0.1) is 5.92 Å². The fourth-order valence-corrected chi connectivity index (χ4v) is 5.45. The maximum absolute atomic E-state index is 13.9. The Bertz CT molecular complexity index is 1370. The van der Waals surface area contributed by atoms with Crippen LogP contribution in [0.15, 0.2) is 83.8 Å². The van der Waals surface area contributed by atoms with Gasteiger partial charge in [0.05, 0.1) is 17.7 Å². The van der Waals surface area contributed by atoms with Crippen molar-refractivity contribution >= 4 is 39.1 Å². The van der Waals surface area contributed by atoms with Crippen molar-refractivity contribution < 1.29 is 22.7 Å². The molecule has 0 saturated heterocycles. The van der Waals surface area contributed by atoms with E-state index in [2.05, 4.69) is 5.32 Å². The van der Waals surface area contributed by atoms with E-state index in [-0.39, 0.29) is 23.3 Å².